The minimum atomic E-state index is -0.0221. The maximum absolute atomic E-state index is 12.4. The van der Waals surface area contributed by atoms with Crippen molar-refractivity contribution in [1.82, 2.24) is 34.9 Å². The Morgan fingerprint density at radius 2 is 1.97 bits per heavy atom. The van der Waals surface area contributed by atoms with E-state index >= 15 is 0 Å². The summed E-state index contributed by atoms with van der Waals surface area (Å²) < 4.78 is 1.97. The molecule has 1 aromatic carbocycles. The number of rotatable bonds is 8. The molecular weight excluding hydrogens is 380 g/mol. The summed E-state index contributed by atoms with van der Waals surface area (Å²) in [6.07, 6.45) is 4.90. The van der Waals surface area contributed by atoms with Gasteiger partial charge in [-0.25, -0.2) is 4.68 Å². The molecule has 9 heteroatoms. The highest BCUT2D eigenvalue weighted by Crippen LogP contribution is 2.25. The molecule has 1 aliphatic rings. The smallest absolute Gasteiger partial charge is 0.225 e. The fourth-order valence-electron chi connectivity index (χ4n) is 3.81. The van der Waals surface area contributed by atoms with E-state index in [0.29, 0.717) is 31.3 Å². The number of hydrogen-bond donors (Lipinski definition) is 1. The number of tetrazole rings is 1. The molecule has 0 aliphatic carbocycles. The van der Waals surface area contributed by atoms with E-state index in [-0.39, 0.29) is 5.91 Å². The van der Waals surface area contributed by atoms with Crippen molar-refractivity contribution in [2.24, 2.45) is 0 Å². The largest absolute Gasteiger partial charge is 0.311 e. The van der Waals surface area contributed by atoms with Gasteiger partial charge in [0, 0.05) is 31.1 Å². The van der Waals surface area contributed by atoms with Crippen molar-refractivity contribution in [3.8, 4) is 11.4 Å². The number of carbonyl (C=O) groups excluding carboxylic acids is 1. The minimum absolute atomic E-state index is 0.0221. The summed E-state index contributed by atoms with van der Waals surface area (Å²) >= 11 is 0. The van der Waals surface area contributed by atoms with Crippen molar-refractivity contribution in [3.05, 3.63) is 42.6 Å². The fraction of sp³-hybridized carbons (Fsp3) is 0.476. The van der Waals surface area contributed by atoms with Crippen LogP contribution in [0, 0.1) is 0 Å². The van der Waals surface area contributed by atoms with Gasteiger partial charge in [0.05, 0.1) is 18.8 Å². The molecule has 0 radical (unpaired) electrons. The van der Waals surface area contributed by atoms with Crippen molar-refractivity contribution in [2.45, 2.75) is 45.2 Å². The van der Waals surface area contributed by atoms with Crippen LogP contribution in [-0.2, 0) is 11.3 Å². The second kappa shape index (κ2) is 9.62. The summed E-state index contributed by atoms with van der Waals surface area (Å²) in [5, 5.41) is 20.0. The average molecular weight is 409 g/mol. The first-order valence-corrected chi connectivity index (χ1v) is 10.6. The molecule has 0 atom stereocenters. The molecule has 2 aromatic heterocycles. The summed E-state index contributed by atoms with van der Waals surface area (Å²) in [5.41, 5.74) is 0.930. The molecule has 1 saturated heterocycles. The number of aryl methyl sites for hydroxylation is 1. The van der Waals surface area contributed by atoms with E-state index in [9.17, 15) is 4.79 Å². The average Bonchev–Trinajstić information content (AvgIpc) is 3.44. The number of anilines is 1. The van der Waals surface area contributed by atoms with Crippen LogP contribution in [0.1, 0.15) is 38.6 Å². The van der Waals surface area contributed by atoms with Gasteiger partial charge < -0.3 is 10.2 Å². The van der Waals surface area contributed by atoms with Gasteiger partial charge in [0.1, 0.15) is 5.82 Å². The number of nitrogens with zero attached hydrogens (tertiary/aromatic N) is 7. The highest BCUT2D eigenvalue weighted by Gasteiger charge is 2.22. The molecule has 0 spiro atoms. The van der Waals surface area contributed by atoms with Gasteiger partial charge in [-0.05, 0) is 31.0 Å². The highest BCUT2D eigenvalue weighted by molar-refractivity contribution is 5.89. The Morgan fingerprint density at radius 3 is 2.73 bits per heavy atom. The lowest BCUT2D eigenvalue weighted by Crippen LogP contribution is -2.35. The second-order valence-corrected chi connectivity index (χ2v) is 7.55. The summed E-state index contributed by atoms with van der Waals surface area (Å²) in [6, 6.07) is 11.9. The highest BCUT2D eigenvalue weighted by atomic mass is 16.1. The van der Waals surface area contributed by atoms with E-state index in [1.54, 1.807) is 11.0 Å². The normalized spacial score (nSPS) is 15.4. The maximum Gasteiger partial charge on any atom is 0.225 e. The standard InChI is InChI=1S/C21H28N8O/c1-2-27-15-11-18(12-16-27)29-19(10-13-22-29)23-20(30)9-6-14-28-25-21(24-26-28)17-7-4-3-5-8-17/h3-5,7-8,10,13,18H,2,6,9,11-12,14-16H2,1H3,(H,23,30). The zero-order valence-corrected chi connectivity index (χ0v) is 17.3. The number of amides is 1. The number of aromatic nitrogens is 6. The van der Waals surface area contributed by atoms with Gasteiger partial charge in [-0.3, -0.25) is 4.79 Å². The van der Waals surface area contributed by atoms with E-state index in [0.717, 1.165) is 43.9 Å². The van der Waals surface area contributed by atoms with Crippen LogP contribution in [0.2, 0.25) is 0 Å². The molecule has 3 heterocycles. The molecule has 1 aliphatic heterocycles. The molecule has 0 saturated carbocycles. The van der Waals surface area contributed by atoms with Crippen molar-refractivity contribution in [2.75, 3.05) is 25.0 Å². The number of nitrogens with one attached hydrogen (secondary N) is 1. The van der Waals surface area contributed by atoms with Crippen LogP contribution in [0.5, 0.6) is 0 Å². The van der Waals surface area contributed by atoms with Crippen molar-refractivity contribution < 1.29 is 4.79 Å². The molecule has 0 unspecified atom stereocenters. The Bertz CT molecular complexity index is 943. The van der Waals surface area contributed by atoms with E-state index in [2.05, 4.69) is 37.6 Å². The van der Waals surface area contributed by atoms with Gasteiger partial charge in [0.15, 0.2) is 0 Å². The minimum Gasteiger partial charge on any atom is -0.311 e. The van der Waals surface area contributed by atoms with Gasteiger partial charge in [-0.2, -0.15) is 9.90 Å². The summed E-state index contributed by atoms with van der Waals surface area (Å²) in [4.78, 5) is 16.4. The fourth-order valence-corrected chi connectivity index (χ4v) is 3.81. The van der Waals surface area contributed by atoms with Crippen LogP contribution in [0.3, 0.4) is 0 Å². The molecular formula is C21H28N8O. The summed E-state index contributed by atoms with van der Waals surface area (Å²) in [7, 11) is 0. The quantitative estimate of drug-likeness (QED) is 0.616. The van der Waals surface area contributed by atoms with E-state index in [1.807, 2.05) is 41.1 Å². The Balaban J connectivity index is 1.25. The molecule has 0 bridgehead atoms. The van der Waals surface area contributed by atoms with E-state index in [1.165, 1.54) is 0 Å². The zero-order valence-electron chi connectivity index (χ0n) is 17.3. The number of likely N-dealkylation sites (tertiary alicyclic amines) is 1. The van der Waals surface area contributed by atoms with E-state index < -0.39 is 0 Å². The van der Waals surface area contributed by atoms with Crippen LogP contribution in [-0.4, -0.2) is 60.4 Å². The van der Waals surface area contributed by atoms with Crippen molar-refractivity contribution >= 4 is 11.7 Å². The van der Waals surface area contributed by atoms with Gasteiger partial charge in [0.25, 0.3) is 0 Å². The number of piperidine rings is 1. The monoisotopic (exact) mass is 408 g/mol. The number of hydrogen-bond acceptors (Lipinski definition) is 6. The molecule has 4 rings (SSSR count). The molecule has 158 valence electrons. The first-order chi connectivity index (χ1) is 14.7. The Hall–Kier alpha value is -3.07. The predicted octanol–water partition coefficient (Wildman–Crippen LogP) is 2.61. The molecule has 1 N–H and O–H groups in total. The van der Waals surface area contributed by atoms with Gasteiger partial charge >= 0.3 is 0 Å². The lowest BCUT2D eigenvalue weighted by molar-refractivity contribution is -0.116. The summed E-state index contributed by atoms with van der Waals surface area (Å²) in [5.74, 6) is 1.35. The third-order valence-electron chi connectivity index (χ3n) is 5.53. The lowest BCUT2D eigenvalue weighted by atomic mass is 10.1. The van der Waals surface area contributed by atoms with Crippen molar-refractivity contribution in [1.29, 1.82) is 0 Å². The van der Waals surface area contributed by atoms with Gasteiger partial charge in [0.2, 0.25) is 11.7 Å². The molecule has 1 fully saturated rings. The summed E-state index contributed by atoms with van der Waals surface area (Å²) in [6.45, 7) is 5.97. The first-order valence-electron chi connectivity index (χ1n) is 10.6. The number of carbonyl (C=O) groups is 1. The second-order valence-electron chi connectivity index (χ2n) is 7.55. The third kappa shape index (κ3) is 4.91. The van der Waals surface area contributed by atoms with Crippen LogP contribution in [0.4, 0.5) is 5.82 Å². The molecule has 9 nitrogen and oxygen atoms in total. The van der Waals surface area contributed by atoms with Crippen LogP contribution in [0.25, 0.3) is 11.4 Å². The Labute approximate surface area is 176 Å². The SMILES string of the molecule is CCN1CCC(n2nccc2NC(=O)CCCn2nnc(-c3ccccc3)n2)CC1. The van der Waals surface area contributed by atoms with Gasteiger partial charge in [-0.1, -0.05) is 37.3 Å². The predicted molar refractivity (Wildman–Crippen MR) is 114 cm³/mol. The number of benzene rings is 1. The first kappa shape index (κ1) is 20.2. The Morgan fingerprint density at radius 1 is 1.17 bits per heavy atom. The van der Waals surface area contributed by atoms with E-state index in [4.69, 9.17) is 0 Å². The Kier molecular flexibility index (Phi) is 6.48. The van der Waals surface area contributed by atoms with Crippen LogP contribution in [0.15, 0.2) is 42.6 Å². The molecule has 1 amide bonds. The van der Waals surface area contributed by atoms with Crippen molar-refractivity contribution in [3.63, 3.8) is 0 Å². The maximum atomic E-state index is 12.4. The molecule has 3 aromatic rings. The third-order valence-corrected chi connectivity index (χ3v) is 5.53. The van der Waals surface area contributed by atoms with Crippen LogP contribution < -0.4 is 5.32 Å². The van der Waals surface area contributed by atoms with Crippen LogP contribution >= 0.6 is 0 Å². The topological polar surface area (TPSA) is 93.8 Å². The molecule has 30 heavy (non-hydrogen) atoms. The zero-order chi connectivity index (χ0) is 20.8. The lowest BCUT2D eigenvalue weighted by Gasteiger charge is -2.31. The van der Waals surface area contributed by atoms with Gasteiger partial charge in [-0.15, -0.1) is 10.2 Å².